The maximum atomic E-state index is 12.6. The van der Waals surface area contributed by atoms with Gasteiger partial charge in [-0.1, -0.05) is 0 Å². The Balaban J connectivity index is 1.64. The van der Waals surface area contributed by atoms with E-state index in [4.69, 9.17) is 5.73 Å². The van der Waals surface area contributed by atoms with Gasteiger partial charge in [0.25, 0.3) is 10.0 Å². The molecule has 0 bridgehead atoms. The van der Waals surface area contributed by atoms with Crippen LogP contribution in [0.4, 0.5) is 5.13 Å². The molecule has 0 radical (unpaired) electrons. The normalized spacial score (nSPS) is 17.7. The predicted molar refractivity (Wildman–Crippen MR) is 88.5 cm³/mol. The van der Waals surface area contributed by atoms with E-state index in [1.807, 2.05) is 0 Å². The summed E-state index contributed by atoms with van der Waals surface area (Å²) in [5.74, 6) is 0.685. The van der Waals surface area contributed by atoms with E-state index in [2.05, 4.69) is 14.9 Å². The molecule has 0 atom stereocenters. The third kappa shape index (κ3) is 3.39. The maximum absolute atomic E-state index is 12.6. The van der Waals surface area contributed by atoms with Gasteiger partial charge in [0.2, 0.25) is 0 Å². The van der Waals surface area contributed by atoms with E-state index in [9.17, 15) is 8.42 Å². The van der Waals surface area contributed by atoms with E-state index < -0.39 is 10.0 Å². The van der Waals surface area contributed by atoms with Crippen LogP contribution >= 0.6 is 11.3 Å². The number of hydrogen-bond acceptors (Lipinski definition) is 7. The molecular weight excluding hydrogens is 336 g/mol. The lowest BCUT2D eigenvalue weighted by Crippen LogP contribution is -2.48. The van der Waals surface area contributed by atoms with E-state index >= 15 is 0 Å². The number of aryl methyl sites for hydroxylation is 2. The van der Waals surface area contributed by atoms with Crippen LogP contribution in [0.25, 0.3) is 0 Å². The lowest BCUT2D eigenvalue weighted by molar-refractivity contribution is 0.182. The Morgan fingerprint density at radius 2 is 2.00 bits per heavy atom. The fraction of sp³-hybridized carbons (Fsp3) is 0.538. The second-order valence-electron chi connectivity index (χ2n) is 5.58. The topological polar surface area (TPSA) is 97.3 Å². The molecule has 3 heterocycles. The van der Waals surface area contributed by atoms with Crippen LogP contribution in [-0.2, 0) is 23.6 Å². The van der Waals surface area contributed by atoms with Crippen molar-refractivity contribution < 1.29 is 8.42 Å². The van der Waals surface area contributed by atoms with Crippen molar-refractivity contribution in [3.8, 4) is 0 Å². The van der Waals surface area contributed by atoms with Gasteiger partial charge >= 0.3 is 0 Å². The first-order chi connectivity index (χ1) is 10.9. The van der Waals surface area contributed by atoms with Crippen LogP contribution < -0.4 is 5.73 Å². The zero-order valence-electron chi connectivity index (χ0n) is 13.1. The zero-order valence-corrected chi connectivity index (χ0v) is 14.8. The first-order valence-electron chi connectivity index (χ1n) is 7.29. The minimum absolute atomic E-state index is 0.126. The summed E-state index contributed by atoms with van der Waals surface area (Å²) in [6, 6.07) is 0. The number of imidazole rings is 1. The van der Waals surface area contributed by atoms with E-state index in [0.29, 0.717) is 37.1 Å². The predicted octanol–water partition coefficient (Wildman–Crippen LogP) is 0.274. The fourth-order valence-corrected chi connectivity index (χ4v) is 4.70. The van der Waals surface area contributed by atoms with Crippen LogP contribution in [0, 0.1) is 6.92 Å². The number of piperazine rings is 1. The molecule has 126 valence electrons. The van der Waals surface area contributed by atoms with Crippen molar-refractivity contribution in [3.63, 3.8) is 0 Å². The van der Waals surface area contributed by atoms with Gasteiger partial charge in [-0.2, -0.15) is 4.31 Å². The highest BCUT2D eigenvalue weighted by molar-refractivity contribution is 7.89. The molecule has 10 heteroatoms. The molecular formula is C13H20N6O2S2. The lowest BCUT2D eigenvalue weighted by Gasteiger charge is -2.33. The van der Waals surface area contributed by atoms with Gasteiger partial charge in [0, 0.05) is 57.0 Å². The number of sulfonamides is 1. The van der Waals surface area contributed by atoms with Gasteiger partial charge in [-0.25, -0.2) is 18.4 Å². The molecule has 1 aliphatic rings. The average Bonchev–Trinajstić information content (AvgIpc) is 3.06. The number of anilines is 1. The van der Waals surface area contributed by atoms with Crippen molar-refractivity contribution in [3.05, 3.63) is 23.1 Å². The van der Waals surface area contributed by atoms with E-state index in [-0.39, 0.29) is 5.03 Å². The van der Waals surface area contributed by atoms with Crippen LogP contribution in [0.1, 0.15) is 10.7 Å². The molecule has 0 amide bonds. The molecule has 0 aliphatic carbocycles. The zero-order chi connectivity index (χ0) is 16.6. The van der Waals surface area contributed by atoms with Gasteiger partial charge in [0.05, 0.1) is 0 Å². The third-order valence-electron chi connectivity index (χ3n) is 3.97. The highest BCUT2D eigenvalue weighted by Crippen LogP contribution is 2.20. The van der Waals surface area contributed by atoms with Gasteiger partial charge in [-0.15, -0.1) is 11.3 Å². The van der Waals surface area contributed by atoms with Crippen LogP contribution in [0.3, 0.4) is 0 Å². The molecule has 2 aromatic heterocycles. The summed E-state index contributed by atoms with van der Waals surface area (Å²) in [5, 5.41) is 0.688. The minimum Gasteiger partial charge on any atom is -0.375 e. The number of nitrogens with two attached hydrogens (primary N) is 1. The second-order valence-corrected chi connectivity index (χ2v) is 8.61. The summed E-state index contributed by atoms with van der Waals surface area (Å²) in [6.45, 7) is 4.84. The Bertz CT molecular complexity index is 770. The molecule has 0 unspecified atom stereocenters. The summed E-state index contributed by atoms with van der Waals surface area (Å²) in [7, 11) is -1.72. The molecule has 8 nitrogen and oxygen atoms in total. The highest BCUT2D eigenvalue weighted by atomic mass is 32.2. The SMILES string of the molecule is Cc1nc(S(=O)(=O)N2CCN(Cc3cnc(N)s3)CC2)cn1C. The van der Waals surface area contributed by atoms with Crippen LogP contribution in [0.5, 0.6) is 0 Å². The quantitative estimate of drug-likeness (QED) is 0.845. The Morgan fingerprint density at radius 3 is 2.52 bits per heavy atom. The Hall–Kier alpha value is -1.49. The highest BCUT2D eigenvalue weighted by Gasteiger charge is 2.30. The van der Waals surface area contributed by atoms with Crippen LogP contribution in [0.2, 0.25) is 0 Å². The van der Waals surface area contributed by atoms with Gasteiger partial charge in [-0.05, 0) is 6.92 Å². The summed E-state index contributed by atoms with van der Waals surface area (Å²) in [4.78, 5) is 11.5. The standard InChI is InChI=1S/C13H20N6O2S2/c1-10-16-12(9-17(10)2)23(20,21)19-5-3-18(4-6-19)8-11-7-15-13(14)22-11/h7,9H,3-6,8H2,1-2H3,(H2,14,15). The largest absolute Gasteiger partial charge is 0.375 e. The number of rotatable bonds is 4. The minimum atomic E-state index is -3.51. The first-order valence-corrected chi connectivity index (χ1v) is 9.54. The smallest absolute Gasteiger partial charge is 0.262 e. The summed E-state index contributed by atoms with van der Waals surface area (Å²) < 4.78 is 28.5. The molecule has 2 aromatic rings. The number of nitrogens with zero attached hydrogens (tertiary/aromatic N) is 5. The molecule has 23 heavy (non-hydrogen) atoms. The number of nitrogen functional groups attached to an aromatic ring is 1. The number of thiazole rings is 1. The van der Waals surface area contributed by atoms with Gasteiger partial charge < -0.3 is 10.3 Å². The summed E-state index contributed by atoms with van der Waals surface area (Å²) in [5.41, 5.74) is 5.63. The summed E-state index contributed by atoms with van der Waals surface area (Å²) >= 11 is 1.47. The first kappa shape index (κ1) is 16.4. The van der Waals surface area contributed by atoms with E-state index in [1.54, 1.807) is 30.9 Å². The lowest BCUT2D eigenvalue weighted by atomic mass is 10.3. The fourth-order valence-electron chi connectivity index (χ4n) is 2.53. The Labute approximate surface area is 139 Å². The molecule has 0 aromatic carbocycles. The van der Waals surface area contributed by atoms with E-state index in [0.717, 1.165) is 11.4 Å². The number of hydrogen-bond donors (Lipinski definition) is 1. The van der Waals surface area contributed by atoms with Crippen LogP contribution in [-0.4, -0.2) is 58.3 Å². The van der Waals surface area contributed by atoms with Gasteiger partial charge in [-0.3, -0.25) is 4.90 Å². The van der Waals surface area contributed by atoms with Crippen LogP contribution in [0.15, 0.2) is 17.4 Å². The average molecular weight is 356 g/mol. The van der Waals surface area contributed by atoms with Gasteiger partial charge in [0.15, 0.2) is 10.2 Å². The van der Waals surface area contributed by atoms with Crippen molar-refractivity contribution in [2.24, 2.45) is 7.05 Å². The molecule has 1 saturated heterocycles. The molecule has 2 N–H and O–H groups in total. The number of aromatic nitrogens is 3. The van der Waals surface area contributed by atoms with Gasteiger partial charge in [0.1, 0.15) is 5.82 Å². The monoisotopic (exact) mass is 356 g/mol. The van der Waals surface area contributed by atoms with E-state index in [1.165, 1.54) is 15.6 Å². The molecule has 1 fully saturated rings. The molecule has 0 spiro atoms. The van der Waals surface area contributed by atoms with Crippen molar-refractivity contribution in [2.45, 2.75) is 18.5 Å². The molecule has 0 saturated carbocycles. The van der Waals surface area contributed by atoms with Crippen molar-refractivity contribution in [1.82, 2.24) is 23.7 Å². The van der Waals surface area contributed by atoms with Crippen molar-refractivity contribution in [1.29, 1.82) is 0 Å². The molecule has 1 aliphatic heterocycles. The second kappa shape index (κ2) is 6.19. The Kier molecular flexibility index (Phi) is 4.41. The third-order valence-corrected chi connectivity index (χ3v) is 6.55. The maximum Gasteiger partial charge on any atom is 0.262 e. The molecule has 3 rings (SSSR count). The summed E-state index contributed by atoms with van der Waals surface area (Å²) in [6.07, 6.45) is 3.34. The van der Waals surface area contributed by atoms with Crippen molar-refractivity contribution in [2.75, 3.05) is 31.9 Å². The van der Waals surface area contributed by atoms with Crippen molar-refractivity contribution >= 4 is 26.5 Å². The Morgan fingerprint density at radius 1 is 1.30 bits per heavy atom.